The van der Waals surface area contributed by atoms with Crippen molar-refractivity contribution >= 4 is 29.3 Å². The van der Waals surface area contributed by atoms with E-state index >= 15 is 0 Å². The summed E-state index contributed by atoms with van der Waals surface area (Å²) in [5.74, 6) is -1.04. The van der Waals surface area contributed by atoms with Gasteiger partial charge < -0.3 is 9.64 Å². The van der Waals surface area contributed by atoms with E-state index < -0.39 is 10.9 Å². The molecule has 0 atom stereocenters. The van der Waals surface area contributed by atoms with Crippen LogP contribution < -0.4 is 0 Å². The van der Waals surface area contributed by atoms with Gasteiger partial charge >= 0.3 is 5.97 Å². The van der Waals surface area contributed by atoms with Crippen molar-refractivity contribution < 1.29 is 19.2 Å². The second-order valence-electron chi connectivity index (χ2n) is 5.80. The fourth-order valence-corrected chi connectivity index (χ4v) is 3.40. The van der Waals surface area contributed by atoms with Gasteiger partial charge in [0.15, 0.2) is 6.61 Å². The average Bonchev–Trinajstić information content (AvgIpc) is 2.66. The molecule has 0 saturated carbocycles. The van der Waals surface area contributed by atoms with Crippen LogP contribution >= 0.6 is 11.8 Å². The van der Waals surface area contributed by atoms with Crippen LogP contribution in [0.3, 0.4) is 0 Å². The monoisotopic (exact) mass is 378 g/mol. The van der Waals surface area contributed by atoms with Crippen LogP contribution in [0.15, 0.2) is 34.9 Å². The molecular weight excluding hydrogens is 356 g/mol. The fourth-order valence-electron chi connectivity index (χ4n) is 2.85. The number of hydrogen-bond donors (Lipinski definition) is 0. The number of likely N-dealkylation sites (N-methyl/N-ethyl adjacent to an activating group) is 1. The predicted octanol–water partition coefficient (Wildman–Crippen LogP) is 3.78. The highest BCUT2D eigenvalue weighted by molar-refractivity contribution is 7.98. The van der Waals surface area contributed by atoms with Gasteiger partial charge in [-0.05, 0) is 51.0 Å². The Balaban J connectivity index is 2.03. The smallest absolute Gasteiger partial charge is 0.338 e. The predicted molar refractivity (Wildman–Crippen MR) is 99.1 cm³/mol. The third kappa shape index (κ3) is 4.85. The number of nitro benzene ring substituents is 1. The molecule has 0 bridgehead atoms. The van der Waals surface area contributed by atoms with E-state index in [-0.39, 0.29) is 23.8 Å². The van der Waals surface area contributed by atoms with Gasteiger partial charge in [-0.15, -0.1) is 11.8 Å². The van der Waals surface area contributed by atoms with Crippen molar-refractivity contribution in [2.75, 3.05) is 19.4 Å². The molecular formula is C18H22N2O5S. The summed E-state index contributed by atoms with van der Waals surface area (Å²) in [5, 5.41) is 11.1. The zero-order valence-corrected chi connectivity index (χ0v) is 15.7. The maximum Gasteiger partial charge on any atom is 0.338 e. The minimum Gasteiger partial charge on any atom is -0.452 e. The number of ether oxygens (including phenoxy) is 1. The number of allylic oxidation sites excluding steroid dienone is 2. The SMILES string of the molecule is CCN(C(=O)COC(=O)c1ccc(SC)c([N+](=O)[O-])c1)C1=CCCCC1. The molecule has 0 spiro atoms. The molecule has 0 fully saturated rings. The van der Waals surface area contributed by atoms with E-state index in [1.54, 1.807) is 11.2 Å². The van der Waals surface area contributed by atoms with E-state index in [0.717, 1.165) is 31.4 Å². The molecule has 1 amide bonds. The molecule has 2 rings (SSSR count). The lowest BCUT2D eigenvalue weighted by Crippen LogP contribution is -2.34. The maximum atomic E-state index is 12.4. The summed E-state index contributed by atoms with van der Waals surface area (Å²) in [4.78, 5) is 37.2. The molecule has 1 aliphatic rings. The molecule has 1 aliphatic carbocycles. The van der Waals surface area contributed by atoms with Crippen molar-refractivity contribution in [2.45, 2.75) is 37.5 Å². The van der Waals surface area contributed by atoms with Crippen molar-refractivity contribution in [3.63, 3.8) is 0 Å². The summed E-state index contributed by atoms with van der Waals surface area (Å²) in [6.07, 6.45) is 7.73. The molecule has 0 unspecified atom stereocenters. The Morgan fingerprint density at radius 2 is 2.12 bits per heavy atom. The number of hydrogen-bond acceptors (Lipinski definition) is 6. The number of thioether (sulfide) groups is 1. The molecule has 0 saturated heterocycles. The largest absolute Gasteiger partial charge is 0.452 e. The zero-order valence-electron chi connectivity index (χ0n) is 14.9. The zero-order chi connectivity index (χ0) is 19.1. The van der Waals surface area contributed by atoms with E-state index in [1.165, 1.54) is 30.0 Å². The highest BCUT2D eigenvalue weighted by atomic mass is 32.2. The molecule has 8 heteroatoms. The molecule has 0 aromatic heterocycles. The van der Waals surface area contributed by atoms with Gasteiger partial charge in [-0.2, -0.15) is 0 Å². The number of esters is 1. The first-order valence-electron chi connectivity index (χ1n) is 8.46. The summed E-state index contributed by atoms with van der Waals surface area (Å²) >= 11 is 1.22. The first-order chi connectivity index (χ1) is 12.5. The van der Waals surface area contributed by atoms with Gasteiger partial charge in [-0.25, -0.2) is 4.79 Å². The van der Waals surface area contributed by atoms with Crippen molar-refractivity contribution in [1.29, 1.82) is 0 Å². The fraction of sp³-hybridized carbons (Fsp3) is 0.444. The Hall–Kier alpha value is -2.35. The first kappa shape index (κ1) is 20.0. The van der Waals surface area contributed by atoms with E-state index in [9.17, 15) is 19.7 Å². The number of nitrogens with zero attached hydrogens (tertiary/aromatic N) is 2. The van der Waals surface area contributed by atoms with Crippen molar-refractivity contribution in [1.82, 2.24) is 4.90 Å². The number of rotatable bonds is 7. The van der Waals surface area contributed by atoms with Gasteiger partial charge in [0.05, 0.1) is 15.4 Å². The van der Waals surface area contributed by atoms with E-state index in [1.807, 2.05) is 6.92 Å². The molecule has 140 valence electrons. The van der Waals surface area contributed by atoms with Crippen molar-refractivity contribution in [3.05, 3.63) is 45.6 Å². The van der Waals surface area contributed by atoms with Gasteiger partial charge in [0, 0.05) is 18.3 Å². The van der Waals surface area contributed by atoms with E-state index in [0.29, 0.717) is 11.4 Å². The third-order valence-corrected chi connectivity index (χ3v) is 4.95. The Bertz CT molecular complexity index is 732. The van der Waals surface area contributed by atoms with Gasteiger partial charge in [0.2, 0.25) is 0 Å². The van der Waals surface area contributed by atoms with Crippen LogP contribution in [-0.4, -0.2) is 41.1 Å². The van der Waals surface area contributed by atoms with Crippen LogP contribution in [0.1, 0.15) is 43.0 Å². The van der Waals surface area contributed by atoms with Gasteiger partial charge in [0.25, 0.3) is 11.6 Å². The summed E-state index contributed by atoms with van der Waals surface area (Å²) in [6.45, 7) is 2.00. The molecule has 0 radical (unpaired) electrons. The second kappa shape index (κ2) is 9.38. The van der Waals surface area contributed by atoms with Crippen LogP contribution in [0.5, 0.6) is 0 Å². The van der Waals surface area contributed by atoms with Crippen LogP contribution in [-0.2, 0) is 9.53 Å². The quantitative estimate of drug-likeness (QED) is 0.310. The number of nitro groups is 1. The molecule has 0 aliphatic heterocycles. The molecule has 0 N–H and O–H groups in total. The van der Waals surface area contributed by atoms with E-state index in [2.05, 4.69) is 6.08 Å². The Labute approximate surface area is 156 Å². The summed E-state index contributed by atoms with van der Waals surface area (Å²) in [7, 11) is 0. The Morgan fingerprint density at radius 1 is 1.35 bits per heavy atom. The highest BCUT2D eigenvalue weighted by Gasteiger charge is 2.21. The molecule has 0 heterocycles. The van der Waals surface area contributed by atoms with Gasteiger partial charge in [0.1, 0.15) is 0 Å². The topological polar surface area (TPSA) is 89.8 Å². The number of carbonyl (C=O) groups is 2. The molecule has 7 nitrogen and oxygen atoms in total. The summed E-state index contributed by atoms with van der Waals surface area (Å²) in [6, 6.07) is 4.15. The van der Waals surface area contributed by atoms with Crippen LogP contribution in [0.4, 0.5) is 5.69 Å². The minimum absolute atomic E-state index is 0.0576. The summed E-state index contributed by atoms with van der Waals surface area (Å²) < 4.78 is 5.08. The molecule has 1 aromatic carbocycles. The van der Waals surface area contributed by atoms with Crippen molar-refractivity contribution in [3.8, 4) is 0 Å². The lowest BCUT2D eigenvalue weighted by molar-refractivity contribution is -0.387. The van der Waals surface area contributed by atoms with Crippen molar-refractivity contribution in [2.24, 2.45) is 0 Å². The van der Waals surface area contributed by atoms with E-state index in [4.69, 9.17) is 4.74 Å². The Morgan fingerprint density at radius 3 is 2.69 bits per heavy atom. The highest BCUT2D eigenvalue weighted by Crippen LogP contribution is 2.28. The number of benzene rings is 1. The summed E-state index contributed by atoms with van der Waals surface area (Å²) in [5.41, 5.74) is 0.878. The standard InChI is InChI=1S/C18H22N2O5S/c1-3-19(14-7-5-4-6-8-14)17(21)12-25-18(22)13-9-10-16(26-2)15(11-13)20(23)24/h7,9-11H,3-6,8,12H2,1-2H3. The third-order valence-electron chi connectivity index (χ3n) is 4.17. The number of amides is 1. The lowest BCUT2D eigenvalue weighted by Gasteiger charge is -2.26. The first-order valence-corrected chi connectivity index (χ1v) is 9.69. The molecule has 26 heavy (non-hydrogen) atoms. The second-order valence-corrected chi connectivity index (χ2v) is 6.65. The molecule has 1 aromatic rings. The lowest BCUT2D eigenvalue weighted by atomic mass is 10.0. The Kier molecular flexibility index (Phi) is 7.20. The van der Waals surface area contributed by atoms with Crippen LogP contribution in [0.25, 0.3) is 0 Å². The minimum atomic E-state index is -0.747. The normalized spacial score (nSPS) is 13.7. The van der Waals surface area contributed by atoms with Gasteiger partial charge in [-0.3, -0.25) is 14.9 Å². The van der Waals surface area contributed by atoms with Crippen LogP contribution in [0.2, 0.25) is 0 Å². The maximum absolute atomic E-state index is 12.4. The average molecular weight is 378 g/mol. The number of carbonyl (C=O) groups excluding carboxylic acids is 2. The van der Waals surface area contributed by atoms with Gasteiger partial charge in [-0.1, -0.05) is 6.08 Å². The van der Waals surface area contributed by atoms with Crippen LogP contribution in [0, 0.1) is 10.1 Å².